The normalized spacial score (nSPS) is 14.7. The lowest BCUT2D eigenvalue weighted by Crippen LogP contribution is -2.35. The van der Waals surface area contributed by atoms with Crippen molar-refractivity contribution in [3.63, 3.8) is 0 Å². The summed E-state index contributed by atoms with van der Waals surface area (Å²) in [5.41, 5.74) is 1.29. The predicted molar refractivity (Wildman–Crippen MR) is 101 cm³/mol. The number of ether oxygens (including phenoxy) is 1. The molecule has 2 aromatic rings. The average molecular weight is 400 g/mol. The van der Waals surface area contributed by atoms with E-state index in [1.807, 2.05) is 6.07 Å². The molecule has 4 nitrogen and oxygen atoms in total. The minimum absolute atomic E-state index is 0.0152. The van der Waals surface area contributed by atoms with Gasteiger partial charge in [0.15, 0.2) is 0 Å². The Morgan fingerprint density at radius 2 is 2.12 bits per heavy atom. The van der Waals surface area contributed by atoms with Crippen LogP contribution in [0.25, 0.3) is 0 Å². The van der Waals surface area contributed by atoms with Crippen LogP contribution in [0.2, 0.25) is 10.0 Å². The first-order chi connectivity index (χ1) is 12.0. The second-order valence-electron chi connectivity index (χ2n) is 5.99. The van der Waals surface area contributed by atoms with Crippen LogP contribution in [0, 0.1) is 0 Å². The highest BCUT2D eigenvalue weighted by atomic mass is 35.5. The van der Waals surface area contributed by atoms with Crippen molar-refractivity contribution < 1.29 is 14.6 Å². The van der Waals surface area contributed by atoms with Crippen LogP contribution in [-0.4, -0.2) is 30.3 Å². The number of amides is 1. The maximum absolute atomic E-state index is 12.2. The minimum Gasteiger partial charge on any atom is -0.489 e. The Labute approximate surface area is 160 Å². The molecular formula is C18H19Cl2NO3S. The molecule has 1 atom stereocenters. The Hall–Kier alpha value is -1.27. The topological polar surface area (TPSA) is 58.6 Å². The van der Waals surface area contributed by atoms with Gasteiger partial charge in [0, 0.05) is 11.4 Å². The highest BCUT2D eigenvalue weighted by Crippen LogP contribution is 2.31. The fraction of sp³-hybridized carbons (Fsp3) is 0.389. The fourth-order valence-electron chi connectivity index (χ4n) is 2.74. The van der Waals surface area contributed by atoms with Crippen LogP contribution in [0.4, 0.5) is 0 Å². The van der Waals surface area contributed by atoms with E-state index in [2.05, 4.69) is 5.32 Å². The molecular weight excluding hydrogens is 381 g/mol. The molecule has 1 aromatic carbocycles. The Bertz CT molecular complexity index is 739. The van der Waals surface area contributed by atoms with E-state index in [0.29, 0.717) is 20.7 Å². The van der Waals surface area contributed by atoms with Crippen molar-refractivity contribution in [2.45, 2.75) is 31.8 Å². The van der Waals surface area contributed by atoms with E-state index in [4.69, 9.17) is 27.9 Å². The molecule has 0 bridgehead atoms. The third kappa shape index (κ3) is 4.67. The lowest BCUT2D eigenvalue weighted by Gasteiger charge is -2.14. The average Bonchev–Trinajstić information content (AvgIpc) is 3.05. The molecule has 1 aliphatic carbocycles. The van der Waals surface area contributed by atoms with Crippen molar-refractivity contribution in [1.29, 1.82) is 0 Å². The van der Waals surface area contributed by atoms with Crippen molar-refractivity contribution in [2.24, 2.45) is 0 Å². The summed E-state index contributed by atoms with van der Waals surface area (Å²) in [5, 5.41) is 13.5. The Balaban J connectivity index is 1.48. The molecule has 1 aromatic heterocycles. The summed E-state index contributed by atoms with van der Waals surface area (Å²) in [4.78, 5) is 14.3. The monoisotopic (exact) mass is 399 g/mol. The molecule has 3 rings (SSSR count). The largest absolute Gasteiger partial charge is 0.489 e. The number of halogens is 2. The second kappa shape index (κ2) is 8.41. The Morgan fingerprint density at radius 1 is 1.32 bits per heavy atom. The van der Waals surface area contributed by atoms with Gasteiger partial charge in [0.2, 0.25) is 0 Å². The maximum Gasteiger partial charge on any atom is 0.261 e. The molecule has 0 aliphatic heterocycles. The number of hydrogen-bond donors (Lipinski definition) is 2. The van der Waals surface area contributed by atoms with Gasteiger partial charge in [-0.3, -0.25) is 4.79 Å². The van der Waals surface area contributed by atoms with Crippen LogP contribution in [0.15, 0.2) is 24.3 Å². The molecule has 1 amide bonds. The van der Waals surface area contributed by atoms with E-state index in [9.17, 15) is 9.90 Å². The number of fused-ring (bicyclic) bond motifs is 1. The van der Waals surface area contributed by atoms with E-state index < -0.39 is 6.10 Å². The number of carbonyl (C=O) groups is 1. The van der Waals surface area contributed by atoms with E-state index in [1.165, 1.54) is 23.3 Å². The molecule has 0 radical (unpaired) electrons. The molecule has 1 unspecified atom stereocenters. The van der Waals surface area contributed by atoms with Gasteiger partial charge in [-0.25, -0.2) is 0 Å². The number of hydrogen-bond acceptors (Lipinski definition) is 4. The van der Waals surface area contributed by atoms with Gasteiger partial charge in [-0.2, -0.15) is 0 Å². The smallest absolute Gasteiger partial charge is 0.261 e. The summed E-state index contributed by atoms with van der Waals surface area (Å²) in [6, 6.07) is 7.03. The van der Waals surface area contributed by atoms with Gasteiger partial charge in [-0.15, -0.1) is 11.3 Å². The summed E-state index contributed by atoms with van der Waals surface area (Å²) < 4.78 is 5.47. The van der Waals surface area contributed by atoms with E-state index in [-0.39, 0.29) is 19.1 Å². The van der Waals surface area contributed by atoms with Crippen LogP contribution in [0.1, 0.15) is 33.0 Å². The highest BCUT2D eigenvalue weighted by Gasteiger charge is 2.18. The second-order valence-corrected chi connectivity index (χ2v) is 7.91. The van der Waals surface area contributed by atoms with Crippen molar-refractivity contribution in [2.75, 3.05) is 13.2 Å². The third-order valence-electron chi connectivity index (χ3n) is 4.07. The first kappa shape index (κ1) is 18.5. The maximum atomic E-state index is 12.2. The number of aryl methyl sites for hydroxylation is 2. The van der Waals surface area contributed by atoms with Crippen LogP contribution in [0.5, 0.6) is 5.75 Å². The summed E-state index contributed by atoms with van der Waals surface area (Å²) in [5.74, 6) is 0.254. The molecule has 1 heterocycles. The molecule has 25 heavy (non-hydrogen) atoms. The van der Waals surface area contributed by atoms with Crippen molar-refractivity contribution in [3.05, 3.63) is 49.6 Å². The fourth-order valence-corrected chi connectivity index (χ4v) is 4.26. The Morgan fingerprint density at radius 3 is 2.92 bits per heavy atom. The molecule has 0 fully saturated rings. The van der Waals surface area contributed by atoms with E-state index in [1.54, 1.807) is 29.5 Å². The summed E-state index contributed by atoms with van der Waals surface area (Å²) in [6.07, 6.45) is 3.65. The number of carbonyl (C=O) groups excluding carboxylic acids is 1. The zero-order valence-electron chi connectivity index (χ0n) is 13.6. The van der Waals surface area contributed by atoms with Crippen molar-refractivity contribution in [1.82, 2.24) is 5.32 Å². The highest BCUT2D eigenvalue weighted by molar-refractivity contribution is 7.14. The number of aliphatic hydroxyl groups excluding tert-OH is 1. The first-order valence-electron chi connectivity index (χ1n) is 8.19. The summed E-state index contributed by atoms with van der Waals surface area (Å²) in [7, 11) is 0. The lowest BCUT2D eigenvalue weighted by molar-refractivity contribution is 0.0847. The number of aliphatic hydroxyl groups is 1. The van der Waals surface area contributed by atoms with Gasteiger partial charge in [0.05, 0.1) is 9.90 Å². The van der Waals surface area contributed by atoms with Gasteiger partial charge in [0.25, 0.3) is 5.91 Å². The van der Waals surface area contributed by atoms with Gasteiger partial charge in [0.1, 0.15) is 23.5 Å². The first-order valence-corrected chi connectivity index (χ1v) is 9.76. The SMILES string of the molecule is O=C(NCC(O)COc1cccc(Cl)c1Cl)c1cc2c(s1)CCCC2. The van der Waals surface area contributed by atoms with Crippen molar-refractivity contribution in [3.8, 4) is 5.75 Å². The predicted octanol–water partition coefficient (Wildman–Crippen LogP) is 4.10. The number of nitrogens with one attached hydrogen (secondary N) is 1. The minimum atomic E-state index is -0.839. The van der Waals surface area contributed by atoms with Crippen LogP contribution < -0.4 is 10.1 Å². The molecule has 0 saturated carbocycles. The third-order valence-corrected chi connectivity index (χ3v) is 6.10. The van der Waals surface area contributed by atoms with E-state index >= 15 is 0 Å². The van der Waals surface area contributed by atoms with Crippen LogP contribution in [0.3, 0.4) is 0 Å². The van der Waals surface area contributed by atoms with Gasteiger partial charge < -0.3 is 15.2 Å². The zero-order valence-corrected chi connectivity index (χ0v) is 15.9. The lowest BCUT2D eigenvalue weighted by atomic mass is 9.99. The van der Waals surface area contributed by atoms with E-state index in [0.717, 1.165) is 12.8 Å². The molecule has 7 heteroatoms. The van der Waals surface area contributed by atoms with Gasteiger partial charge >= 0.3 is 0 Å². The zero-order chi connectivity index (χ0) is 17.8. The van der Waals surface area contributed by atoms with Crippen molar-refractivity contribution >= 4 is 40.4 Å². The van der Waals surface area contributed by atoms with Gasteiger partial charge in [-0.1, -0.05) is 29.3 Å². The van der Waals surface area contributed by atoms with Crippen LogP contribution in [-0.2, 0) is 12.8 Å². The summed E-state index contributed by atoms with van der Waals surface area (Å²) >= 11 is 13.5. The molecule has 134 valence electrons. The van der Waals surface area contributed by atoms with Gasteiger partial charge in [-0.05, 0) is 49.4 Å². The van der Waals surface area contributed by atoms with Crippen LogP contribution >= 0.6 is 34.5 Å². The molecule has 2 N–H and O–H groups in total. The number of rotatable bonds is 6. The quantitative estimate of drug-likeness (QED) is 0.768. The standard InChI is InChI=1S/C18H19Cl2NO3S/c19-13-5-3-6-14(17(13)20)24-10-12(22)9-21-18(23)16-8-11-4-1-2-7-15(11)25-16/h3,5-6,8,12,22H,1-2,4,7,9-10H2,(H,21,23). The number of thiophene rings is 1. The Kier molecular flexibility index (Phi) is 6.23. The number of benzene rings is 1. The summed E-state index contributed by atoms with van der Waals surface area (Å²) in [6.45, 7) is 0.126. The molecule has 1 aliphatic rings. The molecule has 0 spiro atoms. The molecule has 0 saturated heterocycles.